The van der Waals surface area contributed by atoms with Gasteiger partial charge in [0, 0.05) is 13.8 Å². The van der Waals surface area contributed by atoms with Crippen molar-refractivity contribution < 1.29 is 33.7 Å². The van der Waals surface area contributed by atoms with Crippen LogP contribution in [0.25, 0.3) is 0 Å². The molecular weight excluding hydrogens is 330 g/mol. The molecule has 0 aromatic carbocycles. The molecule has 8 nitrogen and oxygen atoms in total. The van der Waals surface area contributed by atoms with Crippen molar-refractivity contribution in [2.24, 2.45) is 5.92 Å². The zero-order chi connectivity index (χ0) is 19.6. The van der Waals surface area contributed by atoms with Gasteiger partial charge in [0.1, 0.15) is 11.4 Å². The molecular formula is C17H27NO7. The maximum absolute atomic E-state index is 12.1. The number of carbonyl (C=O) groups is 3. The minimum absolute atomic E-state index is 0.0507. The topological polar surface area (TPSA) is 111 Å². The van der Waals surface area contributed by atoms with Crippen molar-refractivity contribution in [1.29, 1.82) is 0 Å². The molecule has 1 heterocycles. The summed E-state index contributed by atoms with van der Waals surface area (Å²) in [5, 5.41) is 12.9. The van der Waals surface area contributed by atoms with Crippen LogP contribution in [0.2, 0.25) is 0 Å². The van der Waals surface area contributed by atoms with E-state index in [2.05, 4.69) is 5.32 Å². The molecule has 1 unspecified atom stereocenters. The van der Waals surface area contributed by atoms with Gasteiger partial charge < -0.3 is 24.6 Å². The second-order valence-corrected chi connectivity index (χ2v) is 7.77. The summed E-state index contributed by atoms with van der Waals surface area (Å²) in [7, 11) is 0. The van der Waals surface area contributed by atoms with Crippen LogP contribution in [0.5, 0.6) is 0 Å². The van der Waals surface area contributed by atoms with Gasteiger partial charge in [0.05, 0.1) is 6.04 Å². The van der Waals surface area contributed by atoms with Gasteiger partial charge >= 0.3 is 18.0 Å². The SMILES string of the molecule is CC(C)CC(NC(=O)OC(C)(C)C)C(O)=C1C(=O)OC(C)(C)OC1=O. The lowest BCUT2D eigenvalue weighted by atomic mass is 9.99. The van der Waals surface area contributed by atoms with E-state index in [0.29, 0.717) is 0 Å². The average molecular weight is 357 g/mol. The number of hydrogen-bond donors (Lipinski definition) is 2. The fourth-order valence-electron chi connectivity index (χ4n) is 2.20. The Bertz CT molecular complexity index is 562. The number of aliphatic hydroxyl groups excluding tert-OH is 1. The van der Waals surface area contributed by atoms with Crippen molar-refractivity contribution >= 4 is 18.0 Å². The lowest BCUT2D eigenvalue weighted by molar-refractivity contribution is -0.222. The van der Waals surface area contributed by atoms with E-state index < -0.39 is 46.8 Å². The van der Waals surface area contributed by atoms with E-state index in [9.17, 15) is 19.5 Å². The Hall–Kier alpha value is -2.25. The molecule has 0 bridgehead atoms. The van der Waals surface area contributed by atoms with E-state index in [4.69, 9.17) is 14.2 Å². The van der Waals surface area contributed by atoms with Gasteiger partial charge in [-0.05, 0) is 33.1 Å². The van der Waals surface area contributed by atoms with Gasteiger partial charge in [-0.3, -0.25) is 0 Å². The third-order valence-electron chi connectivity index (χ3n) is 3.07. The highest BCUT2D eigenvalue weighted by Gasteiger charge is 2.42. The molecule has 1 atom stereocenters. The van der Waals surface area contributed by atoms with Gasteiger partial charge in [-0.15, -0.1) is 0 Å². The molecule has 142 valence electrons. The summed E-state index contributed by atoms with van der Waals surface area (Å²) >= 11 is 0. The minimum atomic E-state index is -1.41. The van der Waals surface area contributed by atoms with Crippen molar-refractivity contribution in [3.8, 4) is 0 Å². The highest BCUT2D eigenvalue weighted by Crippen LogP contribution is 2.26. The van der Waals surface area contributed by atoms with Crippen LogP contribution in [-0.2, 0) is 23.8 Å². The normalized spacial score (nSPS) is 18.3. The van der Waals surface area contributed by atoms with E-state index in [0.717, 1.165) is 0 Å². The minimum Gasteiger partial charge on any atom is -0.509 e. The predicted molar refractivity (Wildman–Crippen MR) is 88.5 cm³/mol. The van der Waals surface area contributed by atoms with Crippen LogP contribution >= 0.6 is 0 Å². The quantitative estimate of drug-likeness (QED) is 0.344. The number of aliphatic hydroxyl groups is 1. The number of ether oxygens (including phenoxy) is 3. The lowest BCUT2D eigenvalue weighted by Crippen LogP contribution is -2.46. The molecule has 0 aromatic rings. The summed E-state index contributed by atoms with van der Waals surface area (Å²) < 4.78 is 15.1. The Morgan fingerprint density at radius 1 is 1.20 bits per heavy atom. The summed E-state index contributed by atoms with van der Waals surface area (Å²) in [4.78, 5) is 36.2. The fourth-order valence-corrected chi connectivity index (χ4v) is 2.20. The summed E-state index contributed by atoms with van der Waals surface area (Å²) in [5.74, 6) is -3.97. The molecule has 0 spiro atoms. The molecule has 1 amide bonds. The largest absolute Gasteiger partial charge is 0.509 e. The van der Waals surface area contributed by atoms with Crippen LogP contribution in [0.4, 0.5) is 4.79 Å². The van der Waals surface area contributed by atoms with Crippen molar-refractivity contribution in [2.45, 2.75) is 72.3 Å². The summed E-state index contributed by atoms with van der Waals surface area (Å²) in [6.45, 7) is 11.6. The van der Waals surface area contributed by atoms with Crippen LogP contribution < -0.4 is 5.32 Å². The lowest BCUT2D eigenvalue weighted by Gasteiger charge is -2.31. The second kappa shape index (κ2) is 7.33. The molecule has 2 N–H and O–H groups in total. The fraction of sp³-hybridized carbons (Fsp3) is 0.706. The van der Waals surface area contributed by atoms with E-state index in [-0.39, 0.29) is 12.3 Å². The third-order valence-corrected chi connectivity index (χ3v) is 3.07. The van der Waals surface area contributed by atoms with Gasteiger partial charge in [0.15, 0.2) is 5.57 Å². The highest BCUT2D eigenvalue weighted by atomic mass is 16.7. The van der Waals surface area contributed by atoms with Crippen LogP contribution in [0.1, 0.15) is 54.9 Å². The molecule has 1 saturated heterocycles. The van der Waals surface area contributed by atoms with Gasteiger partial charge in [-0.25, -0.2) is 14.4 Å². The Morgan fingerprint density at radius 3 is 2.08 bits per heavy atom. The molecule has 1 rings (SSSR count). The maximum Gasteiger partial charge on any atom is 0.408 e. The molecule has 25 heavy (non-hydrogen) atoms. The van der Waals surface area contributed by atoms with Crippen molar-refractivity contribution in [3.05, 3.63) is 11.3 Å². The number of cyclic esters (lactones) is 2. The molecule has 0 aromatic heterocycles. The standard InChI is InChI=1S/C17H27NO7/c1-9(2)8-10(18-15(22)25-16(3,4)5)12(19)11-13(20)23-17(6,7)24-14(11)21/h9-10,19H,8H2,1-7H3,(H,18,22). The monoisotopic (exact) mass is 357 g/mol. The van der Waals surface area contributed by atoms with E-state index in [1.165, 1.54) is 13.8 Å². The van der Waals surface area contributed by atoms with E-state index >= 15 is 0 Å². The Kier molecular flexibility index (Phi) is 6.09. The number of rotatable bonds is 4. The van der Waals surface area contributed by atoms with Crippen molar-refractivity contribution in [3.63, 3.8) is 0 Å². The smallest absolute Gasteiger partial charge is 0.408 e. The molecule has 1 aliphatic heterocycles. The van der Waals surface area contributed by atoms with Gasteiger partial charge in [0.2, 0.25) is 0 Å². The van der Waals surface area contributed by atoms with Gasteiger partial charge in [-0.1, -0.05) is 13.8 Å². The van der Waals surface area contributed by atoms with E-state index in [1.807, 2.05) is 13.8 Å². The average Bonchev–Trinajstić information content (AvgIpc) is 2.31. The molecule has 0 radical (unpaired) electrons. The number of hydrogen-bond acceptors (Lipinski definition) is 7. The second-order valence-electron chi connectivity index (χ2n) is 7.77. The first kappa shape index (κ1) is 20.8. The number of alkyl carbamates (subject to hydrolysis) is 1. The highest BCUT2D eigenvalue weighted by molar-refractivity contribution is 6.15. The van der Waals surface area contributed by atoms with Crippen molar-refractivity contribution in [2.75, 3.05) is 0 Å². The zero-order valence-electron chi connectivity index (χ0n) is 15.8. The zero-order valence-corrected chi connectivity index (χ0v) is 15.8. The number of amides is 1. The molecule has 0 aliphatic carbocycles. The summed E-state index contributed by atoms with van der Waals surface area (Å²) in [6, 6.07) is -0.994. The van der Waals surface area contributed by atoms with Crippen LogP contribution in [-0.4, -0.2) is 40.6 Å². The predicted octanol–water partition coefficient (Wildman–Crippen LogP) is 2.57. The number of nitrogens with one attached hydrogen (secondary N) is 1. The number of esters is 2. The van der Waals surface area contributed by atoms with Gasteiger partial charge in [0.25, 0.3) is 5.79 Å². The van der Waals surface area contributed by atoms with Crippen molar-refractivity contribution in [1.82, 2.24) is 5.32 Å². The molecule has 8 heteroatoms. The number of carbonyl (C=O) groups excluding carboxylic acids is 3. The first-order valence-corrected chi connectivity index (χ1v) is 8.11. The molecule has 1 aliphatic rings. The van der Waals surface area contributed by atoms with Crippen LogP contribution in [0, 0.1) is 5.92 Å². The Balaban J connectivity index is 3.11. The summed E-state index contributed by atoms with van der Waals surface area (Å²) in [5.41, 5.74) is -1.36. The summed E-state index contributed by atoms with van der Waals surface area (Å²) in [6.07, 6.45) is -0.499. The Labute approximate surface area is 147 Å². The first-order valence-electron chi connectivity index (χ1n) is 8.11. The first-order chi connectivity index (χ1) is 11.2. The van der Waals surface area contributed by atoms with Gasteiger partial charge in [-0.2, -0.15) is 0 Å². The molecule has 1 fully saturated rings. The Morgan fingerprint density at radius 2 is 1.68 bits per heavy atom. The van der Waals surface area contributed by atoms with Crippen LogP contribution in [0.15, 0.2) is 11.3 Å². The maximum atomic E-state index is 12.1. The van der Waals surface area contributed by atoms with Crippen LogP contribution in [0.3, 0.4) is 0 Å². The van der Waals surface area contributed by atoms with E-state index in [1.54, 1.807) is 20.8 Å². The molecule has 0 saturated carbocycles. The third kappa shape index (κ3) is 6.28.